The lowest BCUT2D eigenvalue weighted by Crippen LogP contribution is -2.49. The Bertz CT molecular complexity index is 228. The van der Waals surface area contributed by atoms with E-state index in [1.54, 1.807) is 6.92 Å². The van der Waals surface area contributed by atoms with Crippen LogP contribution in [0.15, 0.2) is 0 Å². The summed E-state index contributed by atoms with van der Waals surface area (Å²) in [5.41, 5.74) is -1.37. The van der Waals surface area contributed by atoms with Crippen molar-refractivity contribution in [2.75, 3.05) is 6.61 Å². The van der Waals surface area contributed by atoms with Crippen molar-refractivity contribution < 1.29 is 19.4 Å². The summed E-state index contributed by atoms with van der Waals surface area (Å²) in [5, 5.41) is 11.0. The van der Waals surface area contributed by atoms with Crippen LogP contribution >= 0.6 is 0 Å². The number of rotatable bonds is 3. The zero-order chi connectivity index (χ0) is 10.6. The number of carboxylic acid groups (broad SMARTS) is 1. The molecule has 0 aromatic carbocycles. The number of ether oxygens (including phenoxy) is 1. The fourth-order valence-corrected chi connectivity index (χ4v) is 1.92. The zero-order valence-electron chi connectivity index (χ0n) is 8.38. The van der Waals surface area contributed by atoms with Gasteiger partial charge in [0.2, 0.25) is 0 Å². The molecule has 0 saturated heterocycles. The third-order valence-corrected chi connectivity index (χ3v) is 2.76. The maximum absolute atomic E-state index is 11.5. The molecular formula is C10H15O4-. The van der Waals surface area contributed by atoms with Gasteiger partial charge in [-0.1, -0.05) is 19.3 Å². The largest absolute Gasteiger partial charge is 0.549 e. The Morgan fingerprint density at radius 2 is 1.86 bits per heavy atom. The summed E-state index contributed by atoms with van der Waals surface area (Å²) in [5.74, 6) is -1.91. The van der Waals surface area contributed by atoms with Gasteiger partial charge in [-0.3, -0.25) is 4.79 Å². The van der Waals surface area contributed by atoms with Gasteiger partial charge in [-0.15, -0.1) is 0 Å². The van der Waals surface area contributed by atoms with Gasteiger partial charge in [0.1, 0.15) is 5.41 Å². The molecule has 0 spiro atoms. The fraction of sp³-hybridized carbons (Fsp3) is 0.800. The third-order valence-electron chi connectivity index (χ3n) is 2.76. The molecule has 0 unspecified atom stereocenters. The van der Waals surface area contributed by atoms with E-state index in [4.69, 9.17) is 4.74 Å². The van der Waals surface area contributed by atoms with E-state index in [-0.39, 0.29) is 6.61 Å². The van der Waals surface area contributed by atoms with E-state index < -0.39 is 17.4 Å². The van der Waals surface area contributed by atoms with E-state index >= 15 is 0 Å². The standard InChI is InChI=1S/C10H16O4/c1-2-14-9(13)10(8(11)12)6-4-3-5-7-10/h2-7H2,1H3,(H,11,12)/p-1. The van der Waals surface area contributed by atoms with E-state index in [1.165, 1.54) is 0 Å². The normalized spacial score (nSPS) is 20.1. The second-order valence-electron chi connectivity index (χ2n) is 3.65. The van der Waals surface area contributed by atoms with Gasteiger partial charge in [-0.05, 0) is 19.8 Å². The quantitative estimate of drug-likeness (QED) is 0.482. The average molecular weight is 199 g/mol. The van der Waals surface area contributed by atoms with Crippen molar-refractivity contribution in [3.05, 3.63) is 0 Å². The Hall–Kier alpha value is -1.06. The van der Waals surface area contributed by atoms with E-state index in [2.05, 4.69) is 0 Å². The van der Waals surface area contributed by atoms with Crippen LogP contribution in [0, 0.1) is 5.41 Å². The molecule has 1 aliphatic rings. The second-order valence-corrected chi connectivity index (χ2v) is 3.65. The smallest absolute Gasteiger partial charge is 0.317 e. The SMILES string of the molecule is CCOC(=O)C1(C(=O)[O-])CCCCC1. The van der Waals surface area contributed by atoms with E-state index in [0.717, 1.165) is 19.3 Å². The van der Waals surface area contributed by atoms with Crippen molar-refractivity contribution in [2.45, 2.75) is 39.0 Å². The molecule has 0 heterocycles. The molecule has 0 aliphatic heterocycles. The minimum absolute atomic E-state index is 0.216. The molecular weight excluding hydrogens is 184 g/mol. The molecule has 0 aromatic heterocycles. The van der Waals surface area contributed by atoms with Crippen LogP contribution in [0.1, 0.15) is 39.0 Å². The fourth-order valence-electron chi connectivity index (χ4n) is 1.92. The van der Waals surface area contributed by atoms with Crippen LogP contribution in [0.5, 0.6) is 0 Å². The van der Waals surface area contributed by atoms with Crippen LogP contribution in [-0.2, 0) is 14.3 Å². The summed E-state index contributed by atoms with van der Waals surface area (Å²) in [6.07, 6.45) is 3.20. The Morgan fingerprint density at radius 3 is 2.29 bits per heavy atom. The lowest BCUT2D eigenvalue weighted by molar-refractivity contribution is -0.319. The average Bonchev–Trinajstić information content (AvgIpc) is 2.19. The van der Waals surface area contributed by atoms with Gasteiger partial charge in [0.15, 0.2) is 0 Å². The lowest BCUT2D eigenvalue weighted by Gasteiger charge is -2.35. The first-order chi connectivity index (χ1) is 6.63. The molecule has 0 bridgehead atoms. The van der Waals surface area contributed by atoms with E-state index in [9.17, 15) is 14.7 Å². The molecule has 4 heteroatoms. The van der Waals surface area contributed by atoms with Crippen molar-refractivity contribution >= 4 is 11.9 Å². The van der Waals surface area contributed by atoms with Gasteiger partial charge in [-0.25, -0.2) is 0 Å². The first-order valence-electron chi connectivity index (χ1n) is 5.02. The minimum Gasteiger partial charge on any atom is -0.549 e. The Balaban J connectivity index is 2.80. The number of aliphatic carboxylic acids is 1. The van der Waals surface area contributed by atoms with Crippen molar-refractivity contribution in [2.24, 2.45) is 5.41 Å². The number of esters is 1. The maximum atomic E-state index is 11.5. The predicted molar refractivity (Wildman–Crippen MR) is 47.2 cm³/mol. The van der Waals surface area contributed by atoms with Crippen LogP contribution in [0.4, 0.5) is 0 Å². The first-order valence-corrected chi connectivity index (χ1v) is 5.02. The number of carbonyl (C=O) groups is 2. The molecule has 1 saturated carbocycles. The molecule has 0 atom stereocenters. The number of carbonyl (C=O) groups excluding carboxylic acids is 2. The Kier molecular flexibility index (Phi) is 3.49. The zero-order valence-corrected chi connectivity index (χ0v) is 8.38. The molecule has 80 valence electrons. The van der Waals surface area contributed by atoms with Gasteiger partial charge in [-0.2, -0.15) is 0 Å². The number of hydrogen-bond acceptors (Lipinski definition) is 4. The monoisotopic (exact) mass is 199 g/mol. The van der Waals surface area contributed by atoms with Crippen molar-refractivity contribution in [3.63, 3.8) is 0 Å². The molecule has 1 fully saturated rings. The van der Waals surface area contributed by atoms with Gasteiger partial charge < -0.3 is 14.6 Å². The Labute approximate surface area is 83.2 Å². The summed E-state index contributed by atoms with van der Waals surface area (Å²) >= 11 is 0. The Morgan fingerprint density at radius 1 is 1.29 bits per heavy atom. The highest BCUT2D eigenvalue weighted by molar-refractivity contribution is 5.98. The molecule has 0 radical (unpaired) electrons. The summed E-state index contributed by atoms with van der Waals surface area (Å²) < 4.78 is 4.79. The summed E-state index contributed by atoms with van der Waals surface area (Å²) in [6, 6.07) is 0. The molecule has 14 heavy (non-hydrogen) atoms. The van der Waals surface area contributed by atoms with E-state index in [1.807, 2.05) is 0 Å². The molecule has 1 rings (SSSR count). The predicted octanol–water partition coefficient (Wildman–Crippen LogP) is 0.250. The maximum Gasteiger partial charge on any atom is 0.317 e. The lowest BCUT2D eigenvalue weighted by atomic mass is 9.74. The second kappa shape index (κ2) is 4.44. The number of carboxylic acids is 1. The summed E-state index contributed by atoms with van der Waals surface area (Å²) in [4.78, 5) is 22.5. The van der Waals surface area contributed by atoms with Gasteiger partial charge in [0, 0.05) is 0 Å². The van der Waals surface area contributed by atoms with Crippen LogP contribution < -0.4 is 5.11 Å². The van der Waals surface area contributed by atoms with Crippen LogP contribution in [0.3, 0.4) is 0 Å². The highest BCUT2D eigenvalue weighted by Gasteiger charge is 2.42. The van der Waals surface area contributed by atoms with E-state index in [0.29, 0.717) is 12.8 Å². The van der Waals surface area contributed by atoms with Crippen LogP contribution in [-0.4, -0.2) is 18.5 Å². The molecule has 4 nitrogen and oxygen atoms in total. The van der Waals surface area contributed by atoms with Gasteiger partial charge in [0.25, 0.3) is 0 Å². The highest BCUT2D eigenvalue weighted by atomic mass is 16.5. The topological polar surface area (TPSA) is 66.4 Å². The van der Waals surface area contributed by atoms with Crippen molar-refractivity contribution in [1.29, 1.82) is 0 Å². The van der Waals surface area contributed by atoms with Gasteiger partial charge in [0.05, 0.1) is 12.6 Å². The third kappa shape index (κ3) is 1.89. The van der Waals surface area contributed by atoms with Crippen LogP contribution in [0.2, 0.25) is 0 Å². The van der Waals surface area contributed by atoms with Crippen molar-refractivity contribution in [1.82, 2.24) is 0 Å². The van der Waals surface area contributed by atoms with Crippen LogP contribution in [0.25, 0.3) is 0 Å². The highest BCUT2D eigenvalue weighted by Crippen LogP contribution is 2.36. The molecule has 0 amide bonds. The number of hydrogen-bond donors (Lipinski definition) is 0. The molecule has 0 N–H and O–H groups in total. The molecule has 0 aromatic rings. The summed E-state index contributed by atoms with van der Waals surface area (Å²) in [6.45, 7) is 1.89. The minimum atomic E-state index is -1.37. The van der Waals surface area contributed by atoms with Crippen molar-refractivity contribution in [3.8, 4) is 0 Å². The molecule has 1 aliphatic carbocycles. The first kappa shape index (κ1) is 11.0. The summed E-state index contributed by atoms with van der Waals surface area (Å²) in [7, 11) is 0. The van der Waals surface area contributed by atoms with Gasteiger partial charge >= 0.3 is 5.97 Å².